The molecule has 1 fully saturated rings. The third-order valence-electron chi connectivity index (χ3n) is 3.04. The normalized spacial score (nSPS) is 21.2. The topological polar surface area (TPSA) is 67.1 Å². The predicted molar refractivity (Wildman–Crippen MR) is 65.3 cm³/mol. The van der Waals surface area contributed by atoms with E-state index < -0.39 is 0 Å². The van der Waals surface area contributed by atoms with Gasteiger partial charge in [0.2, 0.25) is 5.95 Å². The van der Waals surface area contributed by atoms with E-state index >= 15 is 0 Å². The highest BCUT2D eigenvalue weighted by Gasteiger charge is 2.19. The molecule has 1 aliphatic heterocycles. The van der Waals surface area contributed by atoms with Crippen molar-refractivity contribution in [1.82, 2.24) is 14.9 Å². The zero-order valence-corrected chi connectivity index (χ0v) is 9.90. The van der Waals surface area contributed by atoms with Gasteiger partial charge in [0.05, 0.1) is 0 Å². The number of aromatic nitrogens is 2. The van der Waals surface area contributed by atoms with Crippen LogP contribution in [0.5, 0.6) is 0 Å². The fourth-order valence-electron chi connectivity index (χ4n) is 2.07. The summed E-state index contributed by atoms with van der Waals surface area (Å²) in [7, 11) is 2.16. The van der Waals surface area contributed by atoms with E-state index in [1.165, 1.54) is 13.0 Å². The van der Waals surface area contributed by atoms with Crippen molar-refractivity contribution in [2.75, 3.05) is 37.7 Å². The van der Waals surface area contributed by atoms with Crippen LogP contribution in [0.25, 0.3) is 0 Å². The molecule has 0 saturated carbocycles. The van der Waals surface area contributed by atoms with Crippen molar-refractivity contribution in [2.45, 2.75) is 13.3 Å². The van der Waals surface area contributed by atoms with Crippen molar-refractivity contribution in [3.05, 3.63) is 11.8 Å². The van der Waals surface area contributed by atoms with E-state index in [1.54, 1.807) is 6.20 Å². The molecule has 0 radical (unpaired) electrons. The Balaban J connectivity index is 1.91. The molecular formula is C11H19N5. The number of nitrogens with zero attached hydrogens (tertiary/aromatic N) is 3. The average molecular weight is 221 g/mol. The molecule has 1 aromatic heterocycles. The number of nitrogen functional groups attached to an aromatic ring is 1. The van der Waals surface area contributed by atoms with Crippen molar-refractivity contribution in [3.8, 4) is 0 Å². The lowest BCUT2D eigenvalue weighted by molar-refractivity contribution is 0.399. The number of nitrogens with one attached hydrogen (secondary N) is 1. The van der Waals surface area contributed by atoms with Crippen molar-refractivity contribution in [3.63, 3.8) is 0 Å². The maximum absolute atomic E-state index is 5.56. The quantitative estimate of drug-likeness (QED) is 0.787. The number of anilines is 2. The fraction of sp³-hybridized carbons (Fsp3) is 0.636. The van der Waals surface area contributed by atoms with E-state index in [0.29, 0.717) is 11.9 Å². The van der Waals surface area contributed by atoms with Crippen LogP contribution in [0.2, 0.25) is 0 Å². The Morgan fingerprint density at radius 2 is 2.44 bits per heavy atom. The van der Waals surface area contributed by atoms with Crippen molar-refractivity contribution in [2.24, 2.45) is 5.92 Å². The highest BCUT2D eigenvalue weighted by Crippen LogP contribution is 2.16. The maximum Gasteiger partial charge on any atom is 0.221 e. The number of nitrogens with two attached hydrogens (primary N) is 1. The lowest BCUT2D eigenvalue weighted by Crippen LogP contribution is -2.20. The SMILES string of the molecule is Cc1cnc(N)nc1NCC1CCN(C)C1. The second-order valence-corrected chi connectivity index (χ2v) is 4.56. The van der Waals surface area contributed by atoms with E-state index in [9.17, 15) is 0 Å². The van der Waals surface area contributed by atoms with Gasteiger partial charge in [-0.25, -0.2) is 4.98 Å². The van der Waals surface area contributed by atoms with Crippen LogP contribution in [0.3, 0.4) is 0 Å². The van der Waals surface area contributed by atoms with Crippen LogP contribution in [0, 0.1) is 12.8 Å². The summed E-state index contributed by atoms with van der Waals surface area (Å²) >= 11 is 0. The molecule has 0 aliphatic carbocycles. The summed E-state index contributed by atoms with van der Waals surface area (Å²) in [4.78, 5) is 10.5. The van der Waals surface area contributed by atoms with E-state index in [0.717, 1.165) is 24.5 Å². The lowest BCUT2D eigenvalue weighted by atomic mass is 10.1. The lowest BCUT2D eigenvalue weighted by Gasteiger charge is -2.13. The Morgan fingerprint density at radius 3 is 3.12 bits per heavy atom. The summed E-state index contributed by atoms with van der Waals surface area (Å²) in [5.74, 6) is 1.90. The summed E-state index contributed by atoms with van der Waals surface area (Å²) in [6, 6.07) is 0. The first-order valence-electron chi connectivity index (χ1n) is 5.66. The zero-order chi connectivity index (χ0) is 11.5. The third-order valence-corrected chi connectivity index (χ3v) is 3.04. The van der Waals surface area contributed by atoms with Crippen LogP contribution in [0.1, 0.15) is 12.0 Å². The van der Waals surface area contributed by atoms with Gasteiger partial charge in [0.15, 0.2) is 0 Å². The second-order valence-electron chi connectivity index (χ2n) is 4.56. The van der Waals surface area contributed by atoms with Gasteiger partial charge < -0.3 is 16.0 Å². The standard InChI is InChI=1S/C11H19N5/c1-8-5-14-11(12)15-10(8)13-6-9-3-4-16(2)7-9/h5,9H,3-4,6-7H2,1-2H3,(H3,12,13,14,15). The molecule has 1 unspecified atom stereocenters. The minimum absolute atomic E-state index is 0.330. The van der Waals surface area contributed by atoms with Crippen molar-refractivity contribution < 1.29 is 0 Å². The molecule has 0 amide bonds. The van der Waals surface area contributed by atoms with Crippen LogP contribution >= 0.6 is 0 Å². The summed E-state index contributed by atoms with van der Waals surface area (Å²) in [5.41, 5.74) is 6.61. The van der Waals surface area contributed by atoms with E-state index in [4.69, 9.17) is 5.73 Å². The molecule has 0 aromatic carbocycles. The minimum atomic E-state index is 0.330. The number of aryl methyl sites for hydroxylation is 1. The molecular weight excluding hydrogens is 202 g/mol. The van der Waals surface area contributed by atoms with Gasteiger partial charge in [-0.3, -0.25) is 0 Å². The average Bonchev–Trinajstić information content (AvgIpc) is 2.66. The van der Waals surface area contributed by atoms with Crippen LogP contribution in [0.15, 0.2) is 6.20 Å². The molecule has 5 nitrogen and oxygen atoms in total. The van der Waals surface area contributed by atoms with Crippen LogP contribution in [0.4, 0.5) is 11.8 Å². The first kappa shape index (κ1) is 11.1. The fourth-order valence-corrected chi connectivity index (χ4v) is 2.07. The molecule has 2 heterocycles. The molecule has 1 aromatic rings. The third kappa shape index (κ3) is 2.61. The molecule has 1 saturated heterocycles. The van der Waals surface area contributed by atoms with E-state index in [2.05, 4.69) is 27.2 Å². The largest absolute Gasteiger partial charge is 0.369 e. The highest BCUT2D eigenvalue weighted by molar-refractivity contribution is 5.45. The first-order chi connectivity index (χ1) is 7.65. The number of hydrogen-bond acceptors (Lipinski definition) is 5. The van der Waals surface area contributed by atoms with Crippen LogP contribution in [-0.2, 0) is 0 Å². The smallest absolute Gasteiger partial charge is 0.221 e. The summed E-state index contributed by atoms with van der Waals surface area (Å²) in [6.07, 6.45) is 3.01. The van der Waals surface area contributed by atoms with Gasteiger partial charge in [0.1, 0.15) is 5.82 Å². The molecule has 1 atom stereocenters. The number of likely N-dealkylation sites (tertiary alicyclic amines) is 1. The molecule has 16 heavy (non-hydrogen) atoms. The molecule has 5 heteroatoms. The molecule has 2 rings (SSSR count). The van der Waals surface area contributed by atoms with Gasteiger partial charge in [-0.15, -0.1) is 0 Å². The van der Waals surface area contributed by atoms with Gasteiger partial charge in [-0.1, -0.05) is 0 Å². The minimum Gasteiger partial charge on any atom is -0.369 e. The Labute approximate surface area is 96.1 Å². The number of rotatable bonds is 3. The maximum atomic E-state index is 5.56. The summed E-state index contributed by atoms with van der Waals surface area (Å²) < 4.78 is 0. The summed E-state index contributed by atoms with van der Waals surface area (Å²) in [6.45, 7) is 5.30. The Hall–Kier alpha value is -1.36. The summed E-state index contributed by atoms with van der Waals surface area (Å²) in [5, 5.41) is 3.36. The van der Waals surface area contributed by atoms with Gasteiger partial charge >= 0.3 is 0 Å². The second kappa shape index (κ2) is 4.65. The van der Waals surface area contributed by atoms with Crippen molar-refractivity contribution >= 4 is 11.8 Å². The molecule has 0 spiro atoms. The molecule has 0 bridgehead atoms. The highest BCUT2D eigenvalue weighted by atomic mass is 15.1. The predicted octanol–water partition coefficient (Wildman–Crippen LogP) is 0.731. The Kier molecular flexibility index (Phi) is 3.24. The number of hydrogen-bond donors (Lipinski definition) is 2. The van der Waals surface area contributed by atoms with Crippen LogP contribution in [-0.4, -0.2) is 41.5 Å². The van der Waals surface area contributed by atoms with Crippen molar-refractivity contribution in [1.29, 1.82) is 0 Å². The Morgan fingerprint density at radius 1 is 1.62 bits per heavy atom. The van der Waals surface area contributed by atoms with Gasteiger partial charge in [-0.2, -0.15) is 4.98 Å². The first-order valence-corrected chi connectivity index (χ1v) is 5.66. The van der Waals surface area contributed by atoms with Gasteiger partial charge in [0, 0.05) is 24.8 Å². The zero-order valence-electron chi connectivity index (χ0n) is 9.90. The monoisotopic (exact) mass is 221 g/mol. The van der Waals surface area contributed by atoms with Crippen LogP contribution < -0.4 is 11.1 Å². The molecule has 88 valence electrons. The Bertz CT molecular complexity index is 365. The van der Waals surface area contributed by atoms with Gasteiger partial charge in [0.25, 0.3) is 0 Å². The van der Waals surface area contributed by atoms with Gasteiger partial charge in [-0.05, 0) is 32.9 Å². The van der Waals surface area contributed by atoms with E-state index in [1.807, 2.05) is 6.92 Å². The van der Waals surface area contributed by atoms with E-state index in [-0.39, 0.29) is 0 Å². The molecule has 3 N–H and O–H groups in total. The molecule has 1 aliphatic rings.